The lowest BCUT2D eigenvalue weighted by Gasteiger charge is -2.34. The number of carbonyl (C=O) groups excluding carboxylic acids is 1. The summed E-state index contributed by atoms with van der Waals surface area (Å²) in [5, 5.41) is 0. The molecule has 2 aromatic rings. The van der Waals surface area contributed by atoms with Crippen molar-refractivity contribution >= 4 is 5.91 Å². The molecule has 1 amide bonds. The van der Waals surface area contributed by atoms with Gasteiger partial charge in [-0.05, 0) is 19.4 Å². The highest BCUT2D eigenvalue weighted by Gasteiger charge is 2.26. The highest BCUT2D eigenvalue weighted by molar-refractivity contribution is 5.78. The lowest BCUT2D eigenvalue weighted by molar-refractivity contribution is -0.136. The lowest BCUT2D eigenvalue weighted by Crippen LogP contribution is -2.47. The van der Waals surface area contributed by atoms with Gasteiger partial charge in [-0.2, -0.15) is 0 Å². The monoisotopic (exact) mass is 398 g/mol. The fourth-order valence-electron chi connectivity index (χ4n) is 4.16. The number of morpholine rings is 1. The highest BCUT2D eigenvalue weighted by atomic mass is 16.5. The van der Waals surface area contributed by atoms with Crippen molar-refractivity contribution < 1.29 is 9.53 Å². The second-order valence-corrected chi connectivity index (χ2v) is 8.18. The normalized spacial score (nSPS) is 20.9. The van der Waals surface area contributed by atoms with E-state index in [4.69, 9.17) is 9.72 Å². The Hall–Kier alpha value is -2.32. The molecule has 0 aliphatic carbocycles. The Kier molecular flexibility index (Phi) is 6.20. The molecule has 0 saturated carbocycles. The van der Waals surface area contributed by atoms with Crippen LogP contribution in [0.15, 0.2) is 24.8 Å². The van der Waals surface area contributed by atoms with Crippen LogP contribution in [0.2, 0.25) is 0 Å². The van der Waals surface area contributed by atoms with Crippen LogP contribution in [0.25, 0.3) is 5.82 Å². The minimum absolute atomic E-state index is 0.203. The smallest absolute Gasteiger partial charge is 0.236 e. The van der Waals surface area contributed by atoms with Crippen molar-refractivity contribution in [2.75, 3.05) is 45.9 Å². The van der Waals surface area contributed by atoms with Crippen molar-refractivity contribution in [1.82, 2.24) is 29.3 Å². The summed E-state index contributed by atoms with van der Waals surface area (Å²) in [6.45, 7) is 9.21. The van der Waals surface area contributed by atoms with Crippen LogP contribution in [0.4, 0.5) is 0 Å². The number of aromatic nitrogens is 4. The van der Waals surface area contributed by atoms with Gasteiger partial charge in [0.15, 0.2) is 5.82 Å². The van der Waals surface area contributed by atoms with E-state index < -0.39 is 0 Å². The van der Waals surface area contributed by atoms with E-state index in [1.807, 2.05) is 28.1 Å². The van der Waals surface area contributed by atoms with Gasteiger partial charge in [0.1, 0.15) is 5.82 Å². The number of imidazole rings is 1. The summed E-state index contributed by atoms with van der Waals surface area (Å²) in [4.78, 5) is 30.6. The molecule has 2 fully saturated rings. The van der Waals surface area contributed by atoms with Crippen LogP contribution in [-0.2, 0) is 9.53 Å². The predicted octanol–water partition coefficient (Wildman–Crippen LogP) is 1.82. The van der Waals surface area contributed by atoms with Crippen LogP contribution in [0.5, 0.6) is 0 Å². The molecule has 1 unspecified atom stereocenters. The molecule has 8 nitrogen and oxygen atoms in total. The van der Waals surface area contributed by atoms with Gasteiger partial charge < -0.3 is 9.64 Å². The standard InChI is InChI=1S/C21H30N6O2/c1-16(2)21-23-5-7-27(21)19-13-22-12-18(24-19)17-4-3-6-25(14-17)15-20(28)26-8-10-29-11-9-26/h5,7,12-13,16-17H,3-4,6,8-11,14-15H2,1-2H3. The van der Waals surface area contributed by atoms with E-state index >= 15 is 0 Å². The molecule has 8 heteroatoms. The number of nitrogens with zero attached hydrogens (tertiary/aromatic N) is 6. The Bertz CT molecular complexity index is 830. The lowest BCUT2D eigenvalue weighted by atomic mass is 9.95. The first-order valence-corrected chi connectivity index (χ1v) is 10.5. The molecule has 2 aliphatic rings. The van der Waals surface area contributed by atoms with Crippen LogP contribution in [0.3, 0.4) is 0 Å². The van der Waals surface area contributed by atoms with Crippen LogP contribution in [0, 0.1) is 0 Å². The van der Waals surface area contributed by atoms with Crippen molar-refractivity contribution in [3.8, 4) is 5.82 Å². The van der Waals surface area contributed by atoms with E-state index in [9.17, 15) is 4.79 Å². The third kappa shape index (κ3) is 4.64. The van der Waals surface area contributed by atoms with E-state index in [-0.39, 0.29) is 5.91 Å². The fraction of sp³-hybridized carbons (Fsp3) is 0.619. The molecule has 1 atom stereocenters. The first-order chi connectivity index (χ1) is 14.1. The SMILES string of the molecule is CC(C)c1nccn1-c1cncc(C2CCCN(CC(=O)N3CCOCC3)C2)n1. The third-order valence-corrected chi connectivity index (χ3v) is 5.72. The molecule has 4 heterocycles. The average Bonchev–Trinajstić information content (AvgIpc) is 3.25. The predicted molar refractivity (Wildman–Crippen MR) is 109 cm³/mol. The number of rotatable bonds is 5. The Balaban J connectivity index is 1.44. The Morgan fingerprint density at radius 1 is 1.24 bits per heavy atom. The third-order valence-electron chi connectivity index (χ3n) is 5.72. The maximum Gasteiger partial charge on any atom is 0.236 e. The molecule has 0 aromatic carbocycles. The van der Waals surface area contributed by atoms with Gasteiger partial charge in [-0.3, -0.25) is 19.2 Å². The van der Waals surface area contributed by atoms with Gasteiger partial charge >= 0.3 is 0 Å². The van der Waals surface area contributed by atoms with Crippen molar-refractivity contribution in [2.45, 2.75) is 38.5 Å². The molecule has 2 saturated heterocycles. The van der Waals surface area contributed by atoms with Crippen LogP contribution < -0.4 is 0 Å². The molecule has 29 heavy (non-hydrogen) atoms. The van der Waals surface area contributed by atoms with Gasteiger partial charge in [-0.25, -0.2) is 9.97 Å². The summed E-state index contributed by atoms with van der Waals surface area (Å²) in [6, 6.07) is 0. The summed E-state index contributed by atoms with van der Waals surface area (Å²) in [5.41, 5.74) is 0.995. The number of amides is 1. The molecule has 0 radical (unpaired) electrons. The molecular weight excluding hydrogens is 368 g/mol. The first-order valence-electron chi connectivity index (χ1n) is 10.5. The Morgan fingerprint density at radius 2 is 2.07 bits per heavy atom. The molecule has 0 bridgehead atoms. The Labute approximate surface area is 171 Å². The quantitative estimate of drug-likeness (QED) is 0.765. The van der Waals surface area contributed by atoms with Crippen molar-refractivity contribution in [1.29, 1.82) is 0 Å². The van der Waals surface area contributed by atoms with E-state index in [0.717, 1.165) is 43.3 Å². The number of hydrogen-bond donors (Lipinski definition) is 0. The number of piperidine rings is 1. The maximum atomic E-state index is 12.6. The zero-order valence-corrected chi connectivity index (χ0v) is 17.3. The summed E-state index contributed by atoms with van der Waals surface area (Å²) < 4.78 is 7.37. The highest BCUT2D eigenvalue weighted by Crippen LogP contribution is 2.26. The summed E-state index contributed by atoms with van der Waals surface area (Å²) in [7, 11) is 0. The molecule has 0 spiro atoms. The van der Waals surface area contributed by atoms with E-state index in [1.165, 1.54) is 0 Å². The molecule has 2 aromatic heterocycles. The minimum Gasteiger partial charge on any atom is -0.378 e. The van der Waals surface area contributed by atoms with Crippen LogP contribution in [-0.4, -0.2) is 81.2 Å². The topological polar surface area (TPSA) is 76.4 Å². The van der Waals surface area contributed by atoms with Gasteiger partial charge in [0.05, 0.1) is 31.6 Å². The molecule has 2 aliphatic heterocycles. The van der Waals surface area contributed by atoms with Crippen molar-refractivity contribution in [3.63, 3.8) is 0 Å². The van der Waals surface area contributed by atoms with Crippen LogP contribution in [0.1, 0.15) is 50.0 Å². The van der Waals surface area contributed by atoms with E-state index in [0.29, 0.717) is 44.7 Å². The second-order valence-electron chi connectivity index (χ2n) is 8.18. The van der Waals surface area contributed by atoms with Crippen molar-refractivity contribution in [2.24, 2.45) is 0 Å². The second kappa shape index (κ2) is 9.00. The van der Waals surface area contributed by atoms with Gasteiger partial charge in [0.2, 0.25) is 5.91 Å². The van der Waals surface area contributed by atoms with Gasteiger partial charge in [-0.1, -0.05) is 13.8 Å². The number of carbonyl (C=O) groups is 1. The maximum absolute atomic E-state index is 12.6. The minimum atomic E-state index is 0.203. The number of hydrogen-bond acceptors (Lipinski definition) is 6. The van der Waals surface area contributed by atoms with Gasteiger partial charge in [0, 0.05) is 50.1 Å². The number of ether oxygens (including phenoxy) is 1. The number of likely N-dealkylation sites (tertiary alicyclic amines) is 1. The Morgan fingerprint density at radius 3 is 2.86 bits per heavy atom. The first kappa shape index (κ1) is 20.0. The molecule has 156 valence electrons. The average molecular weight is 399 g/mol. The zero-order valence-electron chi connectivity index (χ0n) is 17.3. The van der Waals surface area contributed by atoms with Gasteiger partial charge in [0.25, 0.3) is 0 Å². The fourth-order valence-corrected chi connectivity index (χ4v) is 4.16. The molecule has 4 rings (SSSR count). The molecule has 0 N–H and O–H groups in total. The summed E-state index contributed by atoms with van der Waals surface area (Å²) >= 11 is 0. The van der Waals surface area contributed by atoms with Crippen molar-refractivity contribution in [3.05, 3.63) is 36.3 Å². The largest absolute Gasteiger partial charge is 0.378 e. The summed E-state index contributed by atoms with van der Waals surface area (Å²) in [5.74, 6) is 2.60. The summed E-state index contributed by atoms with van der Waals surface area (Å²) in [6.07, 6.45) is 9.55. The van der Waals surface area contributed by atoms with Gasteiger partial charge in [-0.15, -0.1) is 0 Å². The molecular formula is C21H30N6O2. The van der Waals surface area contributed by atoms with E-state index in [1.54, 1.807) is 6.20 Å². The van der Waals surface area contributed by atoms with E-state index in [2.05, 4.69) is 28.7 Å². The zero-order chi connectivity index (χ0) is 20.2. The van der Waals surface area contributed by atoms with Crippen LogP contribution >= 0.6 is 0 Å².